The molecule has 0 heterocycles. The highest BCUT2D eigenvalue weighted by atomic mass is 16.5. The Kier molecular flexibility index (Phi) is 13.3. The van der Waals surface area contributed by atoms with E-state index >= 15 is 0 Å². The summed E-state index contributed by atoms with van der Waals surface area (Å²) in [6, 6.07) is 0. The molecule has 0 saturated heterocycles. The van der Waals surface area contributed by atoms with Crippen molar-refractivity contribution in [1.82, 2.24) is 0 Å². The second-order valence-electron chi connectivity index (χ2n) is 5.64. The van der Waals surface area contributed by atoms with E-state index < -0.39 is 0 Å². The summed E-state index contributed by atoms with van der Waals surface area (Å²) in [5.74, 6) is 0.183. The van der Waals surface area contributed by atoms with Crippen LogP contribution in [0.4, 0.5) is 0 Å². The van der Waals surface area contributed by atoms with E-state index in [4.69, 9.17) is 23.7 Å². The summed E-state index contributed by atoms with van der Waals surface area (Å²) in [6.07, 6.45) is 2.21. The molecule has 0 aliphatic heterocycles. The van der Waals surface area contributed by atoms with E-state index in [1.54, 1.807) is 14.2 Å². The number of ether oxygens (including phenoxy) is 5. The number of methoxy groups -OCH3 is 2. The van der Waals surface area contributed by atoms with Gasteiger partial charge in [-0.25, -0.2) is 0 Å². The van der Waals surface area contributed by atoms with Gasteiger partial charge in [-0.1, -0.05) is 13.3 Å². The Morgan fingerprint density at radius 1 is 0.810 bits per heavy atom. The first kappa shape index (κ1) is 20.8. The molecule has 0 atom stereocenters. The first-order chi connectivity index (χ1) is 10.1. The zero-order chi connectivity index (χ0) is 16.0. The first-order valence-corrected chi connectivity index (χ1v) is 7.85. The van der Waals surface area contributed by atoms with Gasteiger partial charge in [0, 0.05) is 26.7 Å². The van der Waals surface area contributed by atoms with Crippen molar-refractivity contribution >= 4 is 0 Å². The molecule has 0 aliphatic carbocycles. The zero-order valence-corrected chi connectivity index (χ0v) is 14.5. The number of hydrogen-bond acceptors (Lipinski definition) is 5. The molecule has 0 aliphatic rings. The molecule has 128 valence electrons. The summed E-state index contributed by atoms with van der Waals surface area (Å²) in [4.78, 5) is 0. The molecular formula is C16H34O5. The van der Waals surface area contributed by atoms with E-state index in [9.17, 15) is 0 Å². The van der Waals surface area contributed by atoms with Crippen LogP contribution in [0.3, 0.4) is 0 Å². The monoisotopic (exact) mass is 306 g/mol. The quantitative estimate of drug-likeness (QED) is 0.435. The van der Waals surface area contributed by atoms with Crippen LogP contribution in [0.25, 0.3) is 0 Å². The molecule has 0 aromatic rings. The second kappa shape index (κ2) is 13.5. The second-order valence-corrected chi connectivity index (χ2v) is 5.64. The van der Waals surface area contributed by atoms with Gasteiger partial charge in [-0.05, 0) is 20.3 Å². The third-order valence-electron chi connectivity index (χ3n) is 3.46. The lowest BCUT2D eigenvalue weighted by Crippen LogP contribution is -2.41. The van der Waals surface area contributed by atoms with Gasteiger partial charge in [-0.15, -0.1) is 0 Å². The smallest absolute Gasteiger partial charge is 0.0700 e. The van der Waals surface area contributed by atoms with Gasteiger partial charge < -0.3 is 23.7 Å². The molecule has 0 radical (unpaired) electrons. The van der Waals surface area contributed by atoms with Crippen LogP contribution in [-0.4, -0.2) is 66.1 Å². The van der Waals surface area contributed by atoms with Crippen molar-refractivity contribution in [1.29, 1.82) is 0 Å². The third-order valence-corrected chi connectivity index (χ3v) is 3.46. The Bertz CT molecular complexity index is 209. The van der Waals surface area contributed by atoms with Crippen LogP contribution in [0, 0.1) is 5.92 Å². The Morgan fingerprint density at radius 3 is 1.76 bits per heavy atom. The predicted octanol–water partition coefficient (Wildman–Crippen LogP) is 2.52. The summed E-state index contributed by atoms with van der Waals surface area (Å²) in [5.41, 5.74) is -0.269. The van der Waals surface area contributed by atoms with Gasteiger partial charge in [0.15, 0.2) is 0 Å². The lowest BCUT2D eigenvalue weighted by atomic mass is 9.92. The van der Waals surface area contributed by atoms with Crippen LogP contribution in [0.5, 0.6) is 0 Å². The van der Waals surface area contributed by atoms with Crippen molar-refractivity contribution in [2.75, 3.05) is 60.5 Å². The van der Waals surface area contributed by atoms with Crippen LogP contribution < -0.4 is 0 Å². The molecule has 5 heteroatoms. The van der Waals surface area contributed by atoms with Gasteiger partial charge in [0.1, 0.15) is 0 Å². The van der Waals surface area contributed by atoms with E-state index in [2.05, 4.69) is 20.8 Å². The molecule has 0 unspecified atom stereocenters. The highest BCUT2D eigenvalue weighted by Crippen LogP contribution is 2.23. The summed E-state index contributed by atoms with van der Waals surface area (Å²) in [5, 5.41) is 0. The van der Waals surface area contributed by atoms with Gasteiger partial charge >= 0.3 is 0 Å². The van der Waals surface area contributed by atoms with Crippen molar-refractivity contribution in [3.63, 3.8) is 0 Å². The summed E-state index contributed by atoms with van der Waals surface area (Å²) >= 11 is 0. The average molecular weight is 306 g/mol. The van der Waals surface area contributed by atoms with E-state index in [1.807, 2.05) is 0 Å². The van der Waals surface area contributed by atoms with Crippen LogP contribution >= 0.6 is 0 Å². The molecule has 0 amide bonds. The molecule has 0 bridgehead atoms. The summed E-state index contributed by atoms with van der Waals surface area (Å²) in [7, 11) is 3.35. The van der Waals surface area contributed by atoms with Crippen LogP contribution in [0.1, 0.15) is 33.6 Å². The first-order valence-electron chi connectivity index (χ1n) is 7.85. The molecule has 0 N–H and O–H groups in total. The average Bonchev–Trinajstić information content (AvgIpc) is 2.45. The largest absolute Gasteiger partial charge is 0.382 e. The van der Waals surface area contributed by atoms with Crippen LogP contribution in [0.15, 0.2) is 0 Å². The highest BCUT2D eigenvalue weighted by molar-refractivity contribution is 4.79. The molecule has 0 saturated carbocycles. The van der Waals surface area contributed by atoms with Gasteiger partial charge in [0.05, 0.1) is 45.2 Å². The highest BCUT2D eigenvalue weighted by Gasteiger charge is 2.30. The maximum Gasteiger partial charge on any atom is 0.0700 e. The number of unbranched alkanes of at least 4 members (excludes halogenated alkanes) is 1. The number of hydrogen-bond donors (Lipinski definition) is 0. The number of rotatable bonds is 15. The van der Waals surface area contributed by atoms with Crippen LogP contribution in [-0.2, 0) is 23.7 Å². The lowest BCUT2D eigenvalue weighted by Gasteiger charge is -2.34. The molecule has 21 heavy (non-hydrogen) atoms. The van der Waals surface area contributed by atoms with Gasteiger partial charge in [-0.2, -0.15) is 0 Å². The zero-order valence-electron chi connectivity index (χ0n) is 14.5. The fourth-order valence-electron chi connectivity index (χ4n) is 1.78. The Balaban J connectivity index is 4.23. The SMILES string of the molecule is CCCCOC(C)(C)C(COCCOC)COCCOC. The molecule has 5 nitrogen and oxygen atoms in total. The molecule has 0 aromatic heterocycles. The topological polar surface area (TPSA) is 46.2 Å². The lowest BCUT2D eigenvalue weighted by molar-refractivity contribution is -0.111. The van der Waals surface area contributed by atoms with Gasteiger partial charge in [-0.3, -0.25) is 0 Å². The standard InChI is InChI=1S/C16H34O5/c1-6-7-8-21-16(2,3)15(13-19-11-9-17-4)14-20-12-10-18-5/h15H,6-14H2,1-5H3. The maximum absolute atomic E-state index is 6.02. The minimum Gasteiger partial charge on any atom is -0.382 e. The van der Waals surface area contributed by atoms with Crippen LogP contribution in [0.2, 0.25) is 0 Å². The van der Waals surface area contributed by atoms with E-state index in [-0.39, 0.29) is 11.5 Å². The maximum atomic E-state index is 6.02. The fraction of sp³-hybridized carbons (Fsp3) is 1.00. The molecule has 0 rings (SSSR count). The third kappa shape index (κ3) is 11.1. The minimum absolute atomic E-state index is 0.183. The van der Waals surface area contributed by atoms with E-state index in [1.165, 1.54) is 0 Å². The molecular weight excluding hydrogens is 272 g/mol. The summed E-state index contributed by atoms with van der Waals surface area (Å²) in [6.45, 7) is 10.8. The Morgan fingerprint density at radius 2 is 1.33 bits per heavy atom. The van der Waals surface area contributed by atoms with Crippen molar-refractivity contribution in [3.8, 4) is 0 Å². The molecule has 0 aromatic carbocycles. The van der Waals surface area contributed by atoms with Gasteiger partial charge in [0.2, 0.25) is 0 Å². The molecule has 0 spiro atoms. The van der Waals surface area contributed by atoms with Crippen molar-refractivity contribution in [2.45, 2.75) is 39.2 Å². The van der Waals surface area contributed by atoms with Crippen molar-refractivity contribution in [3.05, 3.63) is 0 Å². The normalized spacial score (nSPS) is 12.3. The fourth-order valence-corrected chi connectivity index (χ4v) is 1.78. The molecule has 0 fully saturated rings. The van der Waals surface area contributed by atoms with E-state index in [0.717, 1.165) is 19.4 Å². The Labute approximate surface area is 130 Å². The predicted molar refractivity (Wildman–Crippen MR) is 83.8 cm³/mol. The van der Waals surface area contributed by atoms with Crippen molar-refractivity contribution in [2.24, 2.45) is 5.92 Å². The Hall–Kier alpha value is -0.200. The van der Waals surface area contributed by atoms with E-state index in [0.29, 0.717) is 39.6 Å². The van der Waals surface area contributed by atoms with Gasteiger partial charge in [0.25, 0.3) is 0 Å². The minimum atomic E-state index is -0.269. The summed E-state index contributed by atoms with van der Waals surface area (Å²) < 4.78 is 27.4. The van der Waals surface area contributed by atoms with Crippen molar-refractivity contribution < 1.29 is 23.7 Å².